The van der Waals surface area contributed by atoms with Crippen molar-refractivity contribution in [3.8, 4) is 0 Å². The highest BCUT2D eigenvalue weighted by Gasteiger charge is 2.18. The first-order valence-electron chi connectivity index (χ1n) is 8.94. The van der Waals surface area contributed by atoms with Gasteiger partial charge in [-0.05, 0) is 60.5 Å². The Morgan fingerprint density at radius 3 is 2.38 bits per heavy atom. The quantitative estimate of drug-likeness (QED) is 0.617. The van der Waals surface area contributed by atoms with Crippen LogP contribution >= 0.6 is 11.6 Å². The average Bonchev–Trinajstić information content (AvgIpc) is 2.69. The highest BCUT2D eigenvalue weighted by Crippen LogP contribution is 2.19. The van der Waals surface area contributed by atoms with Crippen LogP contribution in [-0.4, -0.2) is 26.3 Å². The predicted molar refractivity (Wildman–Crippen MR) is 116 cm³/mol. The molecule has 0 aliphatic carbocycles. The van der Waals surface area contributed by atoms with Gasteiger partial charge in [-0.1, -0.05) is 41.9 Å². The van der Waals surface area contributed by atoms with Gasteiger partial charge < -0.3 is 4.90 Å². The molecule has 150 valence electrons. The maximum Gasteiger partial charge on any atom is 0.261 e. The number of aryl methyl sites for hydroxylation is 1. The maximum atomic E-state index is 12.8. The summed E-state index contributed by atoms with van der Waals surface area (Å²) in [6.45, 7) is 2.27. The summed E-state index contributed by atoms with van der Waals surface area (Å²) in [7, 11) is -2.14. The molecule has 0 heterocycles. The third-order valence-corrected chi connectivity index (χ3v) is 5.97. The first kappa shape index (κ1) is 20.9. The lowest BCUT2D eigenvalue weighted by molar-refractivity contribution is 0.0785. The van der Waals surface area contributed by atoms with E-state index >= 15 is 0 Å². The molecule has 5 nitrogen and oxygen atoms in total. The predicted octanol–water partition coefficient (Wildman–Crippen LogP) is 4.72. The second kappa shape index (κ2) is 8.68. The molecular weight excluding hydrogens is 408 g/mol. The molecule has 1 amide bonds. The van der Waals surface area contributed by atoms with E-state index in [4.69, 9.17) is 11.6 Å². The number of hydrogen-bond donors (Lipinski definition) is 1. The SMILES string of the molecule is Cc1cccc(NS(=O)(=O)c2cccc(C(=O)N(C)Cc3ccc(Cl)cc3)c2)c1. The number of halogens is 1. The minimum absolute atomic E-state index is 0.0322. The van der Waals surface area contributed by atoms with Gasteiger partial charge in [-0.3, -0.25) is 9.52 Å². The summed E-state index contributed by atoms with van der Waals surface area (Å²) < 4.78 is 28.0. The molecule has 29 heavy (non-hydrogen) atoms. The third kappa shape index (κ3) is 5.37. The molecule has 0 atom stereocenters. The van der Waals surface area contributed by atoms with Crippen LogP contribution < -0.4 is 4.72 Å². The Morgan fingerprint density at radius 1 is 1.00 bits per heavy atom. The molecule has 0 radical (unpaired) electrons. The van der Waals surface area contributed by atoms with Crippen LogP contribution in [0.5, 0.6) is 0 Å². The van der Waals surface area contributed by atoms with Gasteiger partial charge >= 0.3 is 0 Å². The Bertz CT molecular complexity index is 1130. The molecule has 0 unspecified atom stereocenters. The van der Waals surface area contributed by atoms with Crippen molar-refractivity contribution in [2.24, 2.45) is 0 Å². The zero-order valence-electron chi connectivity index (χ0n) is 16.1. The van der Waals surface area contributed by atoms with Crippen LogP contribution in [0.2, 0.25) is 5.02 Å². The minimum atomic E-state index is -3.81. The molecule has 0 aliphatic heterocycles. The largest absolute Gasteiger partial charge is 0.337 e. The van der Waals surface area contributed by atoms with E-state index in [1.165, 1.54) is 17.0 Å². The van der Waals surface area contributed by atoms with Gasteiger partial charge in [0.25, 0.3) is 15.9 Å². The van der Waals surface area contributed by atoms with Crippen molar-refractivity contribution in [3.63, 3.8) is 0 Å². The van der Waals surface area contributed by atoms with E-state index in [9.17, 15) is 13.2 Å². The van der Waals surface area contributed by atoms with Crippen molar-refractivity contribution in [3.05, 3.63) is 94.5 Å². The molecule has 0 fully saturated rings. The number of sulfonamides is 1. The van der Waals surface area contributed by atoms with Crippen molar-refractivity contribution >= 4 is 33.2 Å². The summed E-state index contributed by atoms with van der Waals surface area (Å²) in [5, 5.41) is 0.627. The Morgan fingerprint density at radius 2 is 1.69 bits per heavy atom. The number of rotatable bonds is 6. The monoisotopic (exact) mass is 428 g/mol. The summed E-state index contributed by atoms with van der Waals surface area (Å²) in [5.74, 6) is -0.271. The Kier molecular flexibility index (Phi) is 6.25. The average molecular weight is 429 g/mol. The lowest BCUT2D eigenvalue weighted by Gasteiger charge is -2.18. The molecule has 0 saturated heterocycles. The Balaban J connectivity index is 1.78. The van der Waals surface area contributed by atoms with Crippen molar-refractivity contribution in [2.75, 3.05) is 11.8 Å². The zero-order valence-corrected chi connectivity index (χ0v) is 17.7. The highest BCUT2D eigenvalue weighted by molar-refractivity contribution is 7.92. The lowest BCUT2D eigenvalue weighted by atomic mass is 10.1. The summed E-state index contributed by atoms with van der Waals surface area (Å²) in [5.41, 5.74) is 2.64. The molecule has 0 bridgehead atoms. The molecule has 3 aromatic carbocycles. The number of benzene rings is 3. The lowest BCUT2D eigenvalue weighted by Crippen LogP contribution is -2.26. The summed E-state index contributed by atoms with van der Waals surface area (Å²) >= 11 is 5.89. The number of hydrogen-bond acceptors (Lipinski definition) is 3. The van der Waals surface area contributed by atoms with Gasteiger partial charge in [0.1, 0.15) is 0 Å². The standard InChI is InChI=1S/C22H21ClN2O3S/c1-16-5-3-7-20(13-16)24-29(27,28)21-8-4-6-18(14-21)22(26)25(2)15-17-9-11-19(23)12-10-17/h3-14,24H,15H2,1-2H3. The van der Waals surface area contributed by atoms with Gasteiger partial charge in [-0.2, -0.15) is 0 Å². The molecule has 1 N–H and O–H groups in total. The molecule has 0 aliphatic rings. The number of amides is 1. The summed E-state index contributed by atoms with van der Waals surface area (Å²) in [6, 6.07) is 20.3. The van der Waals surface area contributed by atoms with E-state index < -0.39 is 10.0 Å². The molecule has 0 saturated carbocycles. The van der Waals surface area contributed by atoms with Gasteiger partial charge in [0.05, 0.1) is 4.90 Å². The molecule has 3 rings (SSSR count). The topological polar surface area (TPSA) is 66.5 Å². The van der Waals surface area contributed by atoms with Gasteiger partial charge in [-0.15, -0.1) is 0 Å². The minimum Gasteiger partial charge on any atom is -0.337 e. The first-order valence-corrected chi connectivity index (χ1v) is 10.8. The molecule has 3 aromatic rings. The van der Waals surface area contributed by atoms with Crippen molar-refractivity contribution in [1.82, 2.24) is 4.90 Å². The summed E-state index contributed by atoms with van der Waals surface area (Å²) in [4.78, 5) is 14.3. The summed E-state index contributed by atoms with van der Waals surface area (Å²) in [6.07, 6.45) is 0. The maximum absolute atomic E-state index is 12.8. The van der Waals surface area contributed by atoms with Crippen molar-refractivity contribution < 1.29 is 13.2 Å². The van der Waals surface area contributed by atoms with Crippen LogP contribution in [0, 0.1) is 6.92 Å². The third-order valence-electron chi connectivity index (χ3n) is 4.34. The highest BCUT2D eigenvalue weighted by atomic mass is 35.5. The van der Waals surface area contributed by atoms with Crippen LogP contribution in [0.25, 0.3) is 0 Å². The smallest absolute Gasteiger partial charge is 0.261 e. The molecule has 0 spiro atoms. The number of carbonyl (C=O) groups is 1. The Hall–Kier alpha value is -2.83. The van der Waals surface area contributed by atoms with Crippen LogP contribution in [0.3, 0.4) is 0 Å². The second-order valence-corrected chi connectivity index (χ2v) is 8.91. The second-order valence-electron chi connectivity index (χ2n) is 6.79. The normalized spacial score (nSPS) is 11.1. The fraction of sp³-hybridized carbons (Fsp3) is 0.136. The molecule has 0 aromatic heterocycles. The van der Waals surface area contributed by atoms with Gasteiger partial charge in [0.15, 0.2) is 0 Å². The van der Waals surface area contributed by atoms with Crippen LogP contribution in [-0.2, 0) is 16.6 Å². The Labute approximate surface area is 176 Å². The fourth-order valence-corrected chi connectivity index (χ4v) is 4.10. The molecule has 7 heteroatoms. The van der Waals surface area contributed by atoms with Crippen molar-refractivity contribution in [1.29, 1.82) is 0 Å². The van der Waals surface area contributed by atoms with E-state index in [0.29, 0.717) is 22.8 Å². The van der Waals surface area contributed by atoms with E-state index in [2.05, 4.69) is 4.72 Å². The van der Waals surface area contributed by atoms with Crippen molar-refractivity contribution in [2.45, 2.75) is 18.4 Å². The number of anilines is 1. The van der Waals surface area contributed by atoms with Gasteiger partial charge in [-0.25, -0.2) is 8.42 Å². The fourth-order valence-electron chi connectivity index (χ4n) is 2.87. The van der Waals surface area contributed by atoms with Crippen LogP contribution in [0.4, 0.5) is 5.69 Å². The van der Waals surface area contributed by atoms with Gasteiger partial charge in [0, 0.05) is 29.9 Å². The first-order chi connectivity index (χ1) is 13.7. The number of nitrogens with one attached hydrogen (secondary N) is 1. The van der Waals surface area contributed by atoms with E-state index in [-0.39, 0.29) is 10.8 Å². The van der Waals surface area contributed by atoms with E-state index in [1.54, 1.807) is 49.5 Å². The van der Waals surface area contributed by atoms with Crippen LogP contribution in [0.15, 0.2) is 77.7 Å². The molecular formula is C22H21ClN2O3S. The number of carbonyl (C=O) groups excluding carboxylic acids is 1. The zero-order chi connectivity index (χ0) is 21.0. The van der Waals surface area contributed by atoms with Gasteiger partial charge in [0.2, 0.25) is 0 Å². The number of nitrogens with zero attached hydrogens (tertiary/aromatic N) is 1. The van der Waals surface area contributed by atoms with Crippen LogP contribution in [0.1, 0.15) is 21.5 Å². The van der Waals surface area contributed by atoms with E-state index in [0.717, 1.165) is 11.1 Å². The van der Waals surface area contributed by atoms with E-state index in [1.807, 2.05) is 25.1 Å².